The molecule has 6 aliphatic rings. The highest BCUT2D eigenvalue weighted by atomic mass is 16.3. The number of rotatable bonds is 4. The average Bonchev–Trinajstić information content (AvgIpc) is 3.71. The van der Waals surface area contributed by atoms with Crippen LogP contribution in [0.25, 0.3) is 0 Å². The van der Waals surface area contributed by atoms with Crippen LogP contribution >= 0.6 is 0 Å². The van der Waals surface area contributed by atoms with Crippen molar-refractivity contribution in [2.24, 2.45) is 52.8 Å². The second-order valence-electron chi connectivity index (χ2n) is 13.7. The monoisotopic (exact) mass is 461 g/mol. The summed E-state index contributed by atoms with van der Waals surface area (Å²) < 4.78 is 1.79. The van der Waals surface area contributed by atoms with Crippen molar-refractivity contribution in [2.45, 2.75) is 96.1 Å². The highest BCUT2D eigenvalue weighted by Crippen LogP contribution is 2.74. The highest BCUT2D eigenvalue weighted by molar-refractivity contribution is 5.83. The molecule has 6 aliphatic carbocycles. The summed E-state index contributed by atoms with van der Waals surface area (Å²) in [5, 5.41) is 24.7. The van der Waals surface area contributed by atoms with Crippen LogP contribution in [0.15, 0.2) is 6.20 Å². The van der Waals surface area contributed by atoms with Crippen LogP contribution in [0.2, 0.25) is 0 Å². The molecule has 0 aromatic carbocycles. The maximum absolute atomic E-state index is 13.8. The van der Waals surface area contributed by atoms with E-state index in [-0.39, 0.29) is 11.3 Å². The third-order valence-corrected chi connectivity index (χ3v) is 11.6. The molecule has 5 heteroatoms. The van der Waals surface area contributed by atoms with Crippen LogP contribution in [0.1, 0.15) is 95.2 Å². The van der Waals surface area contributed by atoms with Gasteiger partial charge in [-0.05, 0) is 124 Å². The lowest BCUT2D eigenvalue weighted by Crippen LogP contribution is -2.52. The number of ketones is 1. The molecule has 0 amide bonds. The highest BCUT2D eigenvalue weighted by Gasteiger charge is 2.70. The van der Waals surface area contributed by atoms with Crippen molar-refractivity contribution < 1.29 is 9.90 Å². The quantitative estimate of drug-likeness (QED) is 0.678. The second-order valence-corrected chi connectivity index (χ2v) is 13.7. The van der Waals surface area contributed by atoms with Gasteiger partial charge in [0.1, 0.15) is 6.07 Å². The Balaban J connectivity index is 1.11. The van der Waals surface area contributed by atoms with E-state index in [0.717, 1.165) is 54.9 Å². The number of aromatic nitrogens is 2. The molecule has 7 rings (SSSR count). The van der Waals surface area contributed by atoms with E-state index in [0.29, 0.717) is 41.7 Å². The number of carbonyl (C=O) groups excluding carboxylic acids is 1. The van der Waals surface area contributed by atoms with Gasteiger partial charge in [-0.3, -0.25) is 9.48 Å². The van der Waals surface area contributed by atoms with Crippen LogP contribution in [0.5, 0.6) is 0 Å². The van der Waals surface area contributed by atoms with Gasteiger partial charge in [0, 0.05) is 17.7 Å². The first-order valence-electron chi connectivity index (χ1n) is 14.0. The molecular formula is C29H39N3O2. The summed E-state index contributed by atoms with van der Waals surface area (Å²) in [7, 11) is 0. The van der Waals surface area contributed by atoms with Crippen LogP contribution in [0.4, 0.5) is 0 Å². The predicted octanol–water partition coefficient (Wildman–Crippen LogP) is 5.08. The van der Waals surface area contributed by atoms with Crippen molar-refractivity contribution in [2.75, 3.05) is 0 Å². The maximum Gasteiger partial charge on any atom is 0.165 e. The Bertz CT molecular complexity index is 1060. The zero-order chi connectivity index (χ0) is 23.4. The van der Waals surface area contributed by atoms with E-state index >= 15 is 0 Å². The maximum atomic E-state index is 13.8. The largest absolute Gasteiger partial charge is 0.390 e. The summed E-state index contributed by atoms with van der Waals surface area (Å²) >= 11 is 0. The van der Waals surface area contributed by atoms with E-state index < -0.39 is 5.60 Å². The lowest BCUT2D eigenvalue weighted by molar-refractivity contribution is -0.136. The Kier molecular flexibility index (Phi) is 4.57. The summed E-state index contributed by atoms with van der Waals surface area (Å²) in [6, 6.07) is 2.25. The fourth-order valence-electron chi connectivity index (χ4n) is 10.2. The van der Waals surface area contributed by atoms with Crippen molar-refractivity contribution in [1.29, 1.82) is 5.26 Å². The van der Waals surface area contributed by atoms with Gasteiger partial charge in [-0.1, -0.05) is 6.92 Å². The van der Waals surface area contributed by atoms with Crippen molar-refractivity contribution in [1.82, 2.24) is 9.78 Å². The Morgan fingerprint density at radius 3 is 2.65 bits per heavy atom. The molecule has 10 atom stereocenters. The van der Waals surface area contributed by atoms with Crippen molar-refractivity contribution in [3.8, 4) is 6.07 Å². The molecule has 1 aromatic rings. The van der Waals surface area contributed by atoms with Gasteiger partial charge in [-0.2, -0.15) is 10.4 Å². The molecule has 5 nitrogen and oxygen atoms in total. The first-order chi connectivity index (χ1) is 16.3. The van der Waals surface area contributed by atoms with Crippen LogP contribution in [-0.2, 0) is 11.3 Å². The fraction of sp³-hybridized carbons (Fsp3) is 0.828. The topological polar surface area (TPSA) is 78.9 Å². The zero-order valence-electron chi connectivity index (χ0n) is 20.7. The first kappa shape index (κ1) is 21.6. The number of nitriles is 1. The summed E-state index contributed by atoms with van der Waals surface area (Å²) in [5.41, 5.74) is 1.27. The van der Waals surface area contributed by atoms with Crippen molar-refractivity contribution in [3.63, 3.8) is 0 Å². The van der Waals surface area contributed by atoms with Gasteiger partial charge < -0.3 is 5.11 Å². The Hall–Kier alpha value is -1.67. The van der Waals surface area contributed by atoms with E-state index in [9.17, 15) is 15.2 Å². The van der Waals surface area contributed by atoms with Gasteiger partial charge >= 0.3 is 0 Å². The Morgan fingerprint density at radius 1 is 1.09 bits per heavy atom. The molecule has 1 N–H and O–H groups in total. The zero-order valence-corrected chi connectivity index (χ0v) is 20.7. The third-order valence-electron chi connectivity index (χ3n) is 11.6. The molecule has 1 heterocycles. The molecule has 6 saturated carbocycles. The smallest absolute Gasteiger partial charge is 0.165 e. The van der Waals surface area contributed by atoms with Gasteiger partial charge in [0.25, 0.3) is 0 Å². The number of hydrogen-bond acceptors (Lipinski definition) is 4. The van der Waals surface area contributed by atoms with Crippen LogP contribution in [0, 0.1) is 64.1 Å². The Labute approximate surface area is 203 Å². The van der Waals surface area contributed by atoms with Gasteiger partial charge in [-0.25, -0.2) is 0 Å². The standard InChI is InChI=1S/C29H39N3O2/c1-28(34)9-7-18-17(12-28)5-6-20-19(18)8-10-29(2)26(20)21-11-22(21)27(29)25(33)15-32-14-23(16-3-4-16)24(13-30)31-32/h14,16-22,26-27,34H,3-12,15H2,1-2H3/t17-,18+,19-,20-,21-,22+,26?,27-,28-,29+/m1/s1. The predicted molar refractivity (Wildman–Crippen MR) is 128 cm³/mol. The average molecular weight is 462 g/mol. The molecular weight excluding hydrogens is 422 g/mol. The lowest BCUT2D eigenvalue weighted by atomic mass is 9.48. The SMILES string of the molecule is C[C@@]1(O)CC[C@H]2[C@H](CC[C@H]3C4[C@@H]5C[C@@H]5[C@H](C(=O)Cn5cc(C6CC6)c(C#N)n5)[C@@]4(C)CC[C@H]23)C1. The minimum absolute atomic E-state index is 0.142. The Morgan fingerprint density at radius 2 is 1.88 bits per heavy atom. The van der Waals surface area contributed by atoms with Gasteiger partial charge in [0.15, 0.2) is 11.5 Å². The molecule has 182 valence electrons. The summed E-state index contributed by atoms with van der Waals surface area (Å²) in [6.07, 6.45) is 13.7. The first-order valence-corrected chi connectivity index (χ1v) is 14.0. The third kappa shape index (κ3) is 3.13. The summed E-state index contributed by atoms with van der Waals surface area (Å²) in [4.78, 5) is 13.8. The molecule has 0 spiro atoms. The molecule has 0 aliphatic heterocycles. The molecule has 34 heavy (non-hydrogen) atoms. The number of nitrogens with zero attached hydrogens (tertiary/aromatic N) is 3. The molecule has 6 fully saturated rings. The normalized spacial score (nSPS) is 48.8. The van der Waals surface area contributed by atoms with E-state index in [1.165, 1.54) is 38.5 Å². The van der Waals surface area contributed by atoms with Crippen LogP contribution in [-0.4, -0.2) is 26.3 Å². The molecule has 1 aromatic heterocycles. The van der Waals surface area contributed by atoms with Crippen molar-refractivity contribution >= 4 is 5.78 Å². The van der Waals surface area contributed by atoms with Crippen LogP contribution in [0.3, 0.4) is 0 Å². The summed E-state index contributed by atoms with van der Waals surface area (Å²) in [6.45, 7) is 4.84. The molecule has 1 unspecified atom stereocenters. The second kappa shape index (κ2) is 7.19. The van der Waals surface area contributed by atoms with Crippen LogP contribution < -0.4 is 0 Å². The van der Waals surface area contributed by atoms with Gasteiger partial charge in [-0.15, -0.1) is 0 Å². The minimum atomic E-state index is -0.457. The number of hydrogen-bond donors (Lipinski definition) is 1. The number of Topliss-reactive ketones (excluding diaryl/α,β-unsaturated/α-hetero) is 1. The fourth-order valence-corrected chi connectivity index (χ4v) is 10.2. The van der Waals surface area contributed by atoms with Gasteiger partial charge in [0.2, 0.25) is 0 Å². The number of aliphatic hydroxyl groups is 1. The van der Waals surface area contributed by atoms with Crippen molar-refractivity contribution in [3.05, 3.63) is 17.5 Å². The van der Waals surface area contributed by atoms with E-state index in [4.69, 9.17) is 0 Å². The minimum Gasteiger partial charge on any atom is -0.390 e. The van der Waals surface area contributed by atoms with Gasteiger partial charge in [0.05, 0.1) is 12.1 Å². The van der Waals surface area contributed by atoms with E-state index in [1.807, 2.05) is 13.1 Å². The summed E-state index contributed by atoms with van der Waals surface area (Å²) in [5.74, 6) is 6.17. The number of fused-ring (bicyclic) bond motifs is 7. The molecule has 0 radical (unpaired) electrons. The number of carbonyl (C=O) groups is 1. The van der Waals surface area contributed by atoms with E-state index in [2.05, 4.69) is 18.1 Å². The van der Waals surface area contributed by atoms with E-state index in [1.54, 1.807) is 4.68 Å². The molecule has 0 bridgehead atoms. The lowest BCUT2D eigenvalue weighted by Gasteiger charge is -2.57. The molecule has 0 saturated heterocycles.